The van der Waals surface area contributed by atoms with E-state index < -0.39 is 0 Å². The highest BCUT2D eigenvalue weighted by Crippen LogP contribution is 1.70. The van der Waals surface area contributed by atoms with E-state index in [2.05, 4.69) is 15.7 Å². The second kappa shape index (κ2) is 0.885. The van der Waals surface area contributed by atoms with Gasteiger partial charge in [0.05, 0.1) is 0 Å². The molecule has 1 aromatic rings. The van der Waals surface area contributed by atoms with Crippen LogP contribution in [0.2, 0.25) is 0 Å². The van der Waals surface area contributed by atoms with E-state index in [0.717, 1.165) is 0 Å². The molecule has 0 bridgehead atoms. The lowest BCUT2D eigenvalue weighted by atomic mass is 10.8. The van der Waals surface area contributed by atoms with E-state index in [1.807, 2.05) is 0 Å². The Hall–Kier alpha value is -0.790. The van der Waals surface area contributed by atoms with Crippen molar-refractivity contribution in [2.24, 2.45) is 0 Å². The topological polar surface area (TPSA) is 26.0 Å². The molecule has 0 atom stereocenters. The van der Waals surface area contributed by atoms with E-state index in [9.17, 15) is 0 Å². The second-order valence-electron chi connectivity index (χ2n) is 0.624. The lowest BCUT2D eigenvalue weighted by molar-refractivity contribution is 0.419. The van der Waals surface area contributed by atoms with E-state index in [-0.39, 0.29) is 0 Å². The summed E-state index contributed by atoms with van der Waals surface area (Å²) >= 11 is 0. The summed E-state index contributed by atoms with van der Waals surface area (Å²) in [5.41, 5.74) is 0. The van der Waals surface area contributed by atoms with Crippen molar-refractivity contribution in [1.82, 2.24) is 5.16 Å². The fourth-order valence-electron chi connectivity index (χ4n) is 0.152. The van der Waals surface area contributed by atoms with E-state index in [1.165, 1.54) is 12.5 Å². The van der Waals surface area contributed by atoms with Crippen LogP contribution in [0.4, 0.5) is 0 Å². The van der Waals surface area contributed by atoms with E-state index >= 15 is 0 Å². The van der Waals surface area contributed by atoms with Crippen LogP contribution in [0.15, 0.2) is 17.0 Å². The molecule has 0 spiro atoms. The Bertz CT molecular complexity index is 63.4. The highest BCUT2D eigenvalue weighted by Gasteiger charge is 1.42. The van der Waals surface area contributed by atoms with Gasteiger partial charge in [-0.3, -0.25) is 0 Å². The zero-order chi connectivity index (χ0) is 3.54. The van der Waals surface area contributed by atoms with Crippen LogP contribution >= 0.6 is 0 Å². The highest BCUT2D eigenvalue weighted by atomic mass is 16.5. The van der Waals surface area contributed by atoms with Crippen LogP contribution in [0.25, 0.3) is 0 Å². The van der Waals surface area contributed by atoms with Gasteiger partial charge < -0.3 is 10.6 Å². The van der Waals surface area contributed by atoms with Crippen molar-refractivity contribution in [1.29, 1.82) is 0 Å². The second-order valence-corrected chi connectivity index (χ2v) is 0.624. The van der Waals surface area contributed by atoms with E-state index in [1.54, 1.807) is 0 Å². The van der Waals surface area contributed by atoms with Crippen molar-refractivity contribution in [3.05, 3.63) is 18.5 Å². The molecule has 0 amide bonds. The largest absolute Gasteiger partial charge is 0.410 e. The molecule has 5 heavy (non-hydrogen) atoms. The van der Waals surface area contributed by atoms with Crippen molar-refractivity contribution in [3.63, 3.8) is 0 Å². The third-order valence-electron chi connectivity index (χ3n) is 0.309. The SMILES string of the molecule is [c-]1cnoc1. The number of hydrogen-bond donors (Lipinski definition) is 0. The van der Waals surface area contributed by atoms with Gasteiger partial charge in [0.1, 0.15) is 0 Å². The Kier molecular flexibility index (Phi) is 0.433. The summed E-state index contributed by atoms with van der Waals surface area (Å²) in [5, 5.41) is 3.29. The van der Waals surface area contributed by atoms with Crippen LogP contribution in [0, 0.1) is 6.07 Å². The summed E-state index contributed by atoms with van der Waals surface area (Å²) < 4.78 is 4.28. The number of rotatable bonds is 0. The molecular formula is C3H2NO-. The summed E-state index contributed by atoms with van der Waals surface area (Å²) in [6, 6.07) is 2.58. The van der Waals surface area contributed by atoms with Crippen molar-refractivity contribution < 1.29 is 4.52 Å². The normalized spacial score (nSPS) is 8.00. The Morgan fingerprint density at radius 2 is 2.80 bits per heavy atom. The smallest absolute Gasteiger partial charge is 0.0546 e. The first-order chi connectivity index (χ1) is 2.50. The van der Waals surface area contributed by atoms with Gasteiger partial charge >= 0.3 is 0 Å². The molecule has 0 saturated heterocycles. The molecule has 0 aliphatic rings. The third-order valence-corrected chi connectivity index (χ3v) is 0.309. The average molecular weight is 68.1 g/mol. The van der Waals surface area contributed by atoms with Crippen LogP contribution in [0.3, 0.4) is 0 Å². The Balaban J connectivity index is 3.13. The summed E-state index contributed by atoms with van der Waals surface area (Å²) in [6.07, 6.45) is 2.85. The fraction of sp³-hybridized carbons (Fsp3) is 0. The van der Waals surface area contributed by atoms with Gasteiger partial charge in [0, 0.05) is 0 Å². The Labute approximate surface area is 29.4 Å². The minimum atomic E-state index is 1.39. The first-order valence-electron chi connectivity index (χ1n) is 1.25. The van der Waals surface area contributed by atoms with Crippen LogP contribution in [-0.2, 0) is 0 Å². The van der Waals surface area contributed by atoms with Gasteiger partial charge in [-0.1, -0.05) is 6.26 Å². The maximum atomic E-state index is 4.28. The van der Waals surface area contributed by atoms with Gasteiger partial charge in [-0.25, -0.2) is 0 Å². The van der Waals surface area contributed by atoms with Crippen molar-refractivity contribution in [2.75, 3.05) is 0 Å². The standard InChI is InChI=1S/C3H2NO/c1-2-4-5-3-1/h2-3H/q-1. The number of aromatic nitrogens is 1. The molecule has 1 heterocycles. The molecular weight excluding hydrogens is 66.0 g/mol. The molecule has 0 aromatic carbocycles. The summed E-state index contributed by atoms with van der Waals surface area (Å²) in [5.74, 6) is 0. The average Bonchev–Trinajstić information content (AvgIpc) is 1.76. The van der Waals surface area contributed by atoms with Crippen molar-refractivity contribution >= 4 is 0 Å². The molecule has 1 aromatic heterocycles. The minimum absolute atomic E-state index is 1.39. The molecule has 26 valence electrons. The summed E-state index contributed by atoms with van der Waals surface area (Å²) in [6.45, 7) is 0. The predicted molar refractivity (Wildman–Crippen MR) is 15.3 cm³/mol. The van der Waals surface area contributed by atoms with Crippen LogP contribution < -0.4 is 0 Å². The summed E-state index contributed by atoms with van der Waals surface area (Å²) in [7, 11) is 0. The van der Waals surface area contributed by atoms with E-state index in [0.29, 0.717) is 0 Å². The molecule has 0 saturated carbocycles. The Morgan fingerprint density at radius 3 is 3.00 bits per heavy atom. The van der Waals surface area contributed by atoms with Gasteiger partial charge in [-0.15, -0.1) is 11.4 Å². The van der Waals surface area contributed by atoms with Gasteiger partial charge in [0.25, 0.3) is 0 Å². The molecule has 2 heteroatoms. The molecule has 0 aliphatic heterocycles. The quantitative estimate of drug-likeness (QED) is 0.413. The lowest BCUT2D eigenvalue weighted by Crippen LogP contribution is -1.39. The van der Waals surface area contributed by atoms with Gasteiger partial charge in [0.15, 0.2) is 0 Å². The van der Waals surface area contributed by atoms with Crippen LogP contribution in [0.5, 0.6) is 0 Å². The molecule has 2 nitrogen and oxygen atoms in total. The first-order valence-corrected chi connectivity index (χ1v) is 1.25. The van der Waals surface area contributed by atoms with Crippen molar-refractivity contribution in [3.8, 4) is 0 Å². The molecule has 0 N–H and O–H groups in total. The zero-order valence-corrected chi connectivity index (χ0v) is 2.51. The van der Waals surface area contributed by atoms with Crippen LogP contribution in [-0.4, -0.2) is 5.16 Å². The third kappa shape index (κ3) is 0.265. The number of hydrogen-bond acceptors (Lipinski definition) is 2. The first kappa shape index (κ1) is 2.45. The molecule has 1 rings (SSSR count). The monoisotopic (exact) mass is 68.0 g/mol. The number of nitrogens with zero attached hydrogens (tertiary/aromatic N) is 1. The van der Waals surface area contributed by atoms with Crippen molar-refractivity contribution in [2.45, 2.75) is 0 Å². The highest BCUT2D eigenvalue weighted by molar-refractivity contribution is 4.63. The van der Waals surface area contributed by atoms with Gasteiger partial charge in [-0.05, 0) is 0 Å². The molecule has 0 fully saturated rings. The Morgan fingerprint density at radius 1 is 1.80 bits per heavy atom. The summed E-state index contributed by atoms with van der Waals surface area (Å²) in [4.78, 5) is 0. The van der Waals surface area contributed by atoms with E-state index in [4.69, 9.17) is 0 Å². The molecule has 0 radical (unpaired) electrons. The minimum Gasteiger partial charge on any atom is -0.410 e. The maximum absolute atomic E-state index is 4.28. The lowest BCUT2D eigenvalue weighted by Gasteiger charge is -1.58. The van der Waals surface area contributed by atoms with Gasteiger partial charge in [-0.2, -0.15) is 0 Å². The molecule has 0 aliphatic carbocycles. The van der Waals surface area contributed by atoms with Crippen LogP contribution in [0.1, 0.15) is 0 Å². The predicted octanol–water partition coefficient (Wildman–Crippen LogP) is 0.475. The molecule has 0 unspecified atom stereocenters. The maximum Gasteiger partial charge on any atom is -0.0546 e. The fourth-order valence-corrected chi connectivity index (χ4v) is 0.152. The van der Waals surface area contributed by atoms with Gasteiger partial charge in [0.2, 0.25) is 0 Å². The zero-order valence-electron chi connectivity index (χ0n) is 2.51.